The van der Waals surface area contributed by atoms with E-state index in [1.165, 1.54) is 0 Å². The molecule has 2 nitrogen and oxygen atoms in total. The zero-order chi connectivity index (χ0) is 7.40. The minimum atomic E-state index is 0.145. The third-order valence-corrected chi connectivity index (χ3v) is 1.69. The Morgan fingerprint density at radius 2 is 2.60 bits per heavy atom. The fourth-order valence-corrected chi connectivity index (χ4v) is 1.18. The summed E-state index contributed by atoms with van der Waals surface area (Å²) in [6.45, 7) is 0. The third-order valence-electron chi connectivity index (χ3n) is 1.69. The topological polar surface area (TPSA) is 29.1 Å². The van der Waals surface area contributed by atoms with Crippen LogP contribution in [0.5, 0.6) is 0 Å². The summed E-state index contributed by atoms with van der Waals surface area (Å²) in [6, 6.07) is 0.242. The summed E-state index contributed by atoms with van der Waals surface area (Å²) in [4.78, 5) is 10.8. The average molecular weight is 137 g/mol. The van der Waals surface area contributed by atoms with Gasteiger partial charge >= 0.3 is 0 Å². The molecule has 1 aliphatic heterocycles. The van der Waals surface area contributed by atoms with Crippen LogP contribution in [0.3, 0.4) is 0 Å². The van der Waals surface area contributed by atoms with Crippen molar-refractivity contribution in [3.8, 4) is 12.3 Å². The molecule has 1 fully saturated rings. The Labute approximate surface area is 61.0 Å². The van der Waals surface area contributed by atoms with Gasteiger partial charge in [0.05, 0.1) is 0 Å². The quantitative estimate of drug-likeness (QED) is 0.529. The molecule has 1 amide bonds. The summed E-state index contributed by atoms with van der Waals surface area (Å²) in [5.74, 6) is 2.69. The van der Waals surface area contributed by atoms with Crippen molar-refractivity contribution in [1.82, 2.24) is 5.32 Å². The number of carbonyl (C=O) groups is 1. The Kier molecular flexibility index (Phi) is 2.33. The van der Waals surface area contributed by atoms with E-state index < -0.39 is 0 Å². The van der Waals surface area contributed by atoms with Crippen molar-refractivity contribution in [2.45, 2.75) is 31.7 Å². The summed E-state index contributed by atoms with van der Waals surface area (Å²) in [5.41, 5.74) is 0. The maximum absolute atomic E-state index is 10.8. The van der Waals surface area contributed by atoms with Gasteiger partial charge in [-0.1, -0.05) is 0 Å². The van der Waals surface area contributed by atoms with Crippen LogP contribution in [0.2, 0.25) is 0 Å². The number of piperidine rings is 1. The van der Waals surface area contributed by atoms with Gasteiger partial charge in [-0.3, -0.25) is 4.79 Å². The van der Waals surface area contributed by atoms with Crippen LogP contribution in [0.4, 0.5) is 0 Å². The van der Waals surface area contributed by atoms with Crippen LogP contribution in [0.15, 0.2) is 0 Å². The molecule has 0 aromatic heterocycles. The summed E-state index contributed by atoms with van der Waals surface area (Å²) in [7, 11) is 0. The Morgan fingerprint density at radius 3 is 3.20 bits per heavy atom. The largest absolute Gasteiger partial charge is 0.352 e. The number of hydrogen-bond acceptors (Lipinski definition) is 1. The second kappa shape index (κ2) is 3.26. The van der Waals surface area contributed by atoms with Crippen LogP contribution in [-0.4, -0.2) is 11.9 Å². The fraction of sp³-hybridized carbons (Fsp3) is 0.625. The zero-order valence-corrected chi connectivity index (χ0v) is 5.89. The highest BCUT2D eigenvalue weighted by Crippen LogP contribution is 2.09. The number of amides is 1. The number of nitrogens with one attached hydrogen (secondary N) is 1. The molecule has 54 valence electrons. The van der Waals surface area contributed by atoms with Crippen LogP contribution < -0.4 is 5.32 Å². The Balaban J connectivity index is 2.34. The predicted octanol–water partition coefficient (Wildman–Crippen LogP) is 0.678. The van der Waals surface area contributed by atoms with Crippen molar-refractivity contribution in [1.29, 1.82) is 0 Å². The first-order valence-electron chi connectivity index (χ1n) is 3.56. The molecule has 0 spiro atoms. The molecule has 1 N–H and O–H groups in total. The summed E-state index contributed by atoms with van der Waals surface area (Å²) in [6.07, 6.45) is 8.47. The number of rotatable bonds is 1. The Morgan fingerprint density at radius 1 is 1.80 bits per heavy atom. The van der Waals surface area contributed by atoms with Crippen molar-refractivity contribution in [3.63, 3.8) is 0 Å². The van der Waals surface area contributed by atoms with E-state index in [1.54, 1.807) is 0 Å². The molecule has 0 radical (unpaired) electrons. The van der Waals surface area contributed by atoms with E-state index in [-0.39, 0.29) is 11.9 Å². The first kappa shape index (κ1) is 7.14. The van der Waals surface area contributed by atoms with Crippen molar-refractivity contribution < 1.29 is 4.79 Å². The lowest BCUT2D eigenvalue weighted by atomic mass is 10.0. The van der Waals surface area contributed by atoms with E-state index in [2.05, 4.69) is 11.2 Å². The lowest BCUT2D eigenvalue weighted by Crippen LogP contribution is -2.38. The molecule has 1 atom stereocenters. The predicted molar refractivity (Wildman–Crippen MR) is 39.2 cm³/mol. The molecule has 1 unspecified atom stereocenters. The highest BCUT2D eigenvalue weighted by Gasteiger charge is 2.16. The van der Waals surface area contributed by atoms with Gasteiger partial charge in [0.2, 0.25) is 5.91 Å². The van der Waals surface area contributed by atoms with Gasteiger partial charge in [-0.05, 0) is 12.8 Å². The van der Waals surface area contributed by atoms with Crippen LogP contribution in [0, 0.1) is 12.3 Å². The number of terminal acetylenes is 1. The van der Waals surface area contributed by atoms with E-state index >= 15 is 0 Å². The van der Waals surface area contributed by atoms with Crippen LogP contribution in [0.25, 0.3) is 0 Å². The highest BCUT2D eigenvalue weighted by atomic mass is 16.1. The van der Waals surface area contributed by atoms with Crippen molar-refractivity contribution in [2.75, 3.05) is 0 Å². The normalized spacial score (nSPS) is 25.1. The van der Waals surface area contributed by atoms with Crippen LogP contribution in [-0.2, 0) is 4.79 Å². The lowest BCUT2D eigenvalue weighted by Gasteiger charge is -2.20. The second-order valence-electron chi connectivity index (χ2n) is 2.56. The minimum Gasteiger partial charge on any atom is -0.352 e. The molecule has 0 aliphatic carbocycles. The van der Waals surface area contributed by atoms with Gasteiger partial charge in [-0.25, -0.2) is 0 Å². The van der Waals surface area contributed by atoms with Gasteiger partial charge in [0.1, 0.15) is 0 Å². The van der Waals surface area contributed by atoms with Gasteiger partial charge in [0.25, 0.3) is 0 Å². The molecular formula is C8H11NO. The maximum atomic E-state index is 10.8. The molecule has 0 aromatic carbocycles. The van der Waals surface area contributed by atoms with E-state index in [0.29, 0.717) is 12.8 Å². The summed E-state index contributed by atoms with van der Waals surface area (Å²) < 4.78 is 0. The molecule has 1 saturated heterocycles. The van der Waals surface area contributed by atoms with Gasteiger partial charge in [0.15, 0.2) is 0 Å². The minimum absolute atomic E-state index is 0.145. The van der Waals surface area contributed by atoms with Crippen LogP contribution >= 0.6 is 0 Å². The first-order valence-corrected chi connectivity index (χ1v) is 3.56. The smallest absolute Gasteiger partial charge is 0.220 e. The number of hydrogen-bond donors (Lipinski definition) is 1. The van der Waals surface area contributed by atoms with Gasteiger partial charge in [0, 0.05) is 18.9 Å². The molecule has 1 aliphatic rings. The van der Waals surface area contributed by atoms with E-state index in [1.807, 2.05) is 0 Å². The van der Waals surface area contributed by atoms with E-state index in [0.717, 1.165) is 12.8 Å². The lowest BCUT2D eigenvalue weighted by molar-refractivity contribution is -0.123. The Hall–Kier alpha value is -0.970. The third kappa shape index (κ3) is 1.77. The highest BCUT2D eigenvalue weighted by molar-refractivity contribution is 5.76. The molecular weight excluding hydrogens is 126 g/mol. The maximum Gasteiger partial charge on any atom is 0.220 e. The zero-order valence-electron chi connectivity index (χ0n) is 5.89. The van der Waals surface area contributed by atoms with Crippen LogP contribution in [0.1, 0.15) is 25.7 Å². The average Bonchev–Trinajstić information content (AvgIpc) is 1.88. The molecule has 0 bridgehead atoms. The molecule has 10 heavy (non-hydrogen) atoms. The van der Waals surface area contributed by atoms with E-state index in [9.17, 15) is 4.79 Å². The second-order valence-corrected chi connectivity index (χ2v) is 2.56. The summed E-state index contributed by atoms with van der Waals surface area (Å²) in [5, 5.41) is 2.84. The van der Waals surface area contributed by atoms with E-state index in [4.69, 9.17) is 6.42 Å². The first-order chi connectivity index (χ1) is 4.83. The molecule has 0 aromatic rings. The van der Waals surface area contributed by atoms with Crippen molar-refractivity contribution in [2.24, 2.45) is 0 Å². The molecule has 2 heteroatoms. The SMILES string of the molecule is C#CCC1CCCC(=O)N1. The monoisotopic (exact) mass is 137 g/mol. The molecule has 0 saturated carbocycles. The molecule has 1 rings (SSSR count). The number of carbonyl (C=O) groups excluding carboxylic acids is 1. The van der Waals surface area contributed by atoms with Crippen molar-refractivity contribution in [3.05, 3.63) is 0 Å². The van der Waals surface area contributed by atoms with Crippen molar-refractivity contribution >= 4 is 5.91 Å². The van der Waals surface area contributed by atoms with Gasteiger partial charge in [-0.15, -0.1) is 12.3 Å². The standard InChI is InChI=1S/C8H11NO/c1-2-4-7-5-3-6-8(10)9-7/h1,7H,3-6H2,(H,9,10). The molecule has 1 heterocycles. The Bertz CT molecular complexity index is 169. The fourth-order valence-electron chi connectivity index (χ4n) is 1.18. The summed E-state index contributed by atoms with van der Waals surface area (Å²) >= 11 is 0. The van der Waals surface area contributed by atoms with Gasteiger partial charge in [-0.2, -0.15) is 0 Å². The van der Waals surface area contributed by atoms with Gasteiger partial charge < -0.3 is 5.32 Å².